The Morgan fingerprint density at radius 3 is 2.70 bits per heavy atom. The summed E-state index contributed by atoms with van der Waals surface area (Å²) in [5.41, 5.74) is 0. The van der Waals surface area contributed by atoms with Crippen molar-refractivity contribution in [1.29, 1.82) is 0 Å². The summed E-state index contributed by atoms with van der Waals surface area (Å²) in [6.45, 7) is 1.48. The van der Waals surface area contributed by atoms with Crippen LogP contribution in [-0.2, 0) is 7.05 Å². The van der Waals surface area contributed by atoms with Gasteiger partial charge in [0.05, 0.1) is 0 Å². The van der Waals surface area contributed by atoms with E-state index in [4.69, 9.17) is 0 Å². The quantitative estimate of drug-likeness (QED) is 0.361. The fourth-order valence-corrected chi connectivity index (χ4v) is 2.70. The van der Waals surface area contributed by atoms with Gasteiger partial charge in [-0.15, -0.1) is 0 Å². The summed E-state index contributed by atoms with van der Waals surface area (Å²) >= 11 is 0. The first-order valence-electron chi connectivity index (χ1n) is 7.31. The molecule has 0 atom stereocenters. The zero-order valence-electron chi connectivity index (χ0n) is 12.0. The highest BCUT2D eigenvalue weighted by Gasteiger charge is 2.19. The van der Waals surface area contributed by atoms with Crippen molar-refractivity contribution in [2.24, 2.45) is 7.05 Å². The van der Waals surface area contributed by atoms with Crippen LogP contribution in [-0.4, -0.2) is 33.6 Å². The molecular weight excluding hydrogens is 258 g/mol. The number of nitrogens with one attached hydrogen (secondary N) is 2. The van der Waals surface area contributed by atoms with Gasteiger partial charge in [-0.05, 0) is 22.7 Å². The van der Waals surface area contributed by atoms with Gasteiger partial charge in [-0.1, -0.05) is 25.7 Å². The molecule has 0 aliphatic heterocycles. The van der Waals surface area contributed by atoms with E-state index in [2.05, 4.69) is 15.6 Å². The molecule has 0 amide bonds. The van der Waals surface area contributed by atoms with Gasteiger partial charge in [-0.3, -0.25) is 4.57 Å². The summed E-state index contributed by atoms with van der Waals surface area (Å²) in [5.74, 6) is 0.361. The van der Waals surface area contributed by atoms with Crippen LogP contribution in [0, 0.1) is 10.1 Å². The minimum atomic E-state index is -0.457. The molecule has 0 spiro atoms. The summed E-state index contributed by atoms with van der Waals surface area (Å²) in [5, 5.41) is 17.5. The molecule has 1 saturated carbocycles. The molecule has 0 saturated heterocycles. The molecule has 1 aliphatic rings. The predicted molar refractivity (Wildman–Crippen MR) is 77.8 cm³/mol. The van der Waals surface area contributed by atoms with Crippen molar-refractivity contribution in [3.63, 3.8) is 0 Å². The smallest absolute Gasteiger partial charge is 0.363 e. The highest BCUT2D eigenvalue weighted by molar-refractivity contribution is 5.51. The Labute approximate surface area is 118 Å². The molecule has 0 radical (unpaired) electrons. The topological polar surface area (TPSA) is 85.0 Å². The lowest BCUT2D eigenvalue weighted by Gasteiger charge is -2.16. The average Bonchev–Trinajstić information content (AvgIpc) is 2.64. The number of imidazole rings is 1. The largest absolute Gasteiger partial charge is 0.406 e. The molecule has 1 aromatic heterocycles. The third-order valence-electron chi connectivity index (χ3n) is 3.80. The van der Waals surface area contributed by atoms with Crippen molar-refractivity contribution >= 4 is 11.6 Å². The Morgan fingerprint density at radius 2 is 2.05 bits per heavy atom. The molecule has 1 aromatic rings. The van der Waals surface area contributed by atoms with Gasteiger partial charge in [0.15, 0.2) is 0 Å². The van der Waals surface area contributed by atoms with Crippen molar-refractivity contribution in [2.45, 2.75) is 44.6 Å². The van der Waals surface area contributed by atoms with E-state index in [1.807, 2.05) is 0 Å². The standard InChI is InChI=1S/C13H23N5O2/c1-17-10-16-13(18(19)20)12(17)15-9-8-14-11-6-4-2-3-5-7-11/h10-11,14-15H,2-9H2,1H3. The molecule has 1 fully saturated rings. The number of anilines is 1. The van der Waals surface area contributed by atoms with Crippen LogP contribution in [0.25, 0.3) is 0 Å². The van der Waals surface area contributed by atoms with Gasteiger partial charge in [0.25, 0.3) is 0 Å². The molecule has 0 unspecified atom stereocenters. The summed E-state index contributed by atoms with van der Waals surface area (Å²) in [4.78, 5) is 14.1. The van der Waals surface area contributed by atoms with E-state index in [9.17, 15) is 10.1 Å². The molecule has 112 valence electrons. The number of nitrogens with zero attached hydrogens (tertiary/aromatic N) is 3. The van der Waals surface area contributed by atoms with Crippen LogP contribution in [0.5, 0.6) is 0 Å². The number of hydrogen-bond acceptors (Lipinski definition) is 5. The SMILES string of the molecule is Cn1cnc([N+](=O)[O-])c1NCCNC1CCCCCC1. The average molecular weight is 281 g/mol. The van der Waals surface area contributed by atoms with Crippen LogP contribution >= 0.6 is 0 Å². The number of hydrogen-bond donors (Lipinski definition) is 2. The first-order chi connectivity index (χ1) is 9.68. The summed E-state index contributed by atoms with van der Waals surface area (Å²) < 4.78 is 1.64. The van der Waals surface area contributed by atoms with Crippen LogP contribution < -0.4 is 10.6 Å². The lowest BCUT2D eigenvalue weighted by Crippen LogP contribution is -2.32. The van der Waals surface area contributed by atoms with E-state index in [0.29, 0.717) is 18.4 Å². The van der Waals surface area contributed by atoms with Crippen LogP contribution in [0.15, 0.2) is 6.33 Å². The molecule has 0 bridgehead atoms. The maximum absolute atomic E-state index is 10.8. The Bertz CT molecular complexity index is 438. The summed E-state index contributed by atoms with van der Waals surface area (Å²) in [7, 11) is 1.75. The van der Waals surface area contributed by atoms with Crippen LogP contribution in [0.3, 0.4) is 0 Å². The fraction of sp³-hybridized carbons (Fsp3) is 0.769. The molecule has 7 nitrogen and oxygen atoms in total. The van der Waals surface area contributed by atoms with Crippen LogP contribution in [0.1, 0.15) is 38.5 Å². The minimum Gasteiger partial charge on any atom is -0.363 e. The zero-order valence-corrected chi connectivity index (χ0v) is 12.0. The van der Waals surface area contributed by atoms with Gasteiger partial charge in [0, 0.05) is 26.2 Å². The van der Waals surface area contributed by atoms with Crippen molar-refractivity contribution < 1.29 is 4.92 Å². The van der Waals surface area contributed by atoms with Crippen molar-refractivity contribution in [2.75, 3.05) is 18.4 Å². The van der Waals surface area contributed by atoms with E-state index in [1.54, 1.807) is 11.6 Å². The second-order valence-corrected chi connectivity index (χ2v) is 5.35. The van der Waals surface area contributed by atoms with E-state index in [0.717, 1.165) is 6.54 Å². The second-order valence-electron chi connectivity index (χ2n) is 5.35. The number of aryl methyl sites for hydroxylation is 1. The van der Waals surface area contributed by atoms with Crippen LogP contribution in [0.4, 0.5) is 11.6 Å². The molecule has 1 heterocycles. The third-order valence-corrected chi connectivity index (χ3v) is 3.80. The first-order valence-corrected chi connectivity index (χ1v) is 7.31. The van der Waals surface area contributed by atoms with E-state index < -0.39 is 4.92 Å². The van der Waals surface area contributed by atoms with Crippen LogP contribution in [0.2, 0.25) is 0 Å². The summed E-state index contributed by atoms with van der Waals surface area (Å²) in [6.07, 6.45) is 9.24. The van der Waals surface area contributed by atoms with E-state index >= 15 is 0 Å². The van der Waals surface area contributed by atoms with Crippen molar-refractivity contribution in [1.82, 2.24) is 14.9 Å². The normalized spacial score (nSPS) is 16.9. The highest BCUT2D eigenvalue weighted by Crippen LogP contribution is 2.20. The molecule has 0 aromatic carbocycles. The molecule has 2 N–H and O–H groups in total. The van der Waals surface area contributed by atoms with E-state index in [-0.39, 0.29) is 5.82 Å². The Kier molecular flexibility index (Phi) is 5.34. The van der Waals surface area contributed by atoms with Gasteiger partial charge in [0.2, 0.25) is 12.1 Å². The monoisotopic (exact) mass is 281 g/mol. The van der Waals surface area contributed by atoms with Gasteiger partial charge in [-0.2, -0.15) is 0 Å². The Hall–Kier alpha value is -1.63. The zero-order chi connectivity index (χ0) is 14.4. The second kappa shape index (κ2) is 7.23. The fourth-order valence-electron chi connectivity index (χ4n) is 2.70. The van der Waals surface area contributed by atoms with Gasteiger partial charge in [-0.25, -0.2) is 0 Å². The predicted octanol–water partition coefficient (Wildman–Crippen LogP) is 2.05. The summed E-state index contributed by atoms with van der Waals surface area (Å²) in [6, 6.07) is 0.598. The van der Waals surface area contributed by atoms with Gasteiger partial charge >= 0.3 is 5.82 Å². The Balaban J connectivity index is 1.75. The molecular formula is C13H23N5O2. The third kappa shape index (κ3) is 3.93. The molecule has 2 rings (SSSR count). The maximum atomic E-state index is 10.8. The first kappa shape index (κ1) is 14.8. The minimum absolute atomic E-state index is 0.109. The van der Waals surface area contributed by atoms with Crippen molar-refractivity contribution in [3.05, 3.63) is 16.4 Å². The number of nitro groups is 1. The Morgan fingerprint density at radius 1 is 1.35 bits per heavy atom. The van der Waals surface area contributed by atoms with E-state index in [1.165, 1.54) is 44.9 Å². The highest BCUT2D eigenvalue weighted by atomic mass is 16.6. The van der Waals surface area contributed by atoms with Crippen molar-refractivity contribution in [3.8, 4) is 0 Å². The lowest BCUT2D eigenvalue weighted by atomic mass is 10.1. The lowest BCUT2D eigenvalue weighted by molar-refractivity contribution is -0.388. The number of aromatic nitrogens is 2. The molecule has 20 heavy (non-hydrogen) atoms. The molecule has 7 heteroatoms. The molecule has 1 aliphatic carbocycles. The maximum Gasteiger partial charge on any atom is 0.406 e. The number of rotatable bonds is 6. The van der Waals surface area contributed by atoms with Gasteiger partial charge < -0.3 is 20.7 Å². The van der Waals surface area contributed by atoms with Gasteiger partial charge in [0.1, 0.15) is 0 Å².